The van der Waals surface area contributed by atoms with E-state index in [1.165, 1.54) is 0 Å². The van der Waals surface area contributed by atoms with Crippen LogP contribution in [-0.2, 0) is 0 Å². The molecule has 84 valence electrons. The minimum atomic E-state index is 0.402. The molecule has 4 heteroatoms. The van der Waals surface area contributed by atoms with Gasteiger partial charge >= 0.3 is 0 Å². The van der Waals surface area contributed by atoms with Gasteiger partial charge < -0.3 is 10.6 Å². The Kier molecular flexibility index (Phi) is 4.49. The van der Waals surface area contributed by atoms with Crippen LogP contribution in [0.5, 0.6) is 0 Å². The third kappa shape index (κ3) is 3.47. The smallest absolute Gasteiger partial charge is 0.225 e. The first-order valence-electron chi connectivity index (χ1n) is 5.40. The average molecular weight is 208 g/mol. The van der Waals surface area contributed by atoms with Gasteiger partial charge in [0.15, 0.2) is 0 Å². The summed E-state index contributed by atoms with van der Waals surface area (Å²) in [6, 6.07) is 0.402. The number of rotatable bonds is 5. The number of aryl methyl sites for hydroxylation is 1. The summed E-state index contributed by atoms with van der Waals surface area (Å²) in [7, 11) is 0. The number of nitrogens with two attached hydrogens (primary N) is 1. The van der Waals surface area contributed by atoms with Crippen LogP contribution in [0.1, 0.15) is 25.8 Å². The lowest BCUT2D eigenvalue weighted by Crippen LogP contribution is -2.34. The quantitative estimate of drug-likeness (QED) is 0.793. The summed E-state index contributed by atoms with van der Waals surface area (Å²) in [6.07, 6.45) is 4.66. The van der Waals surface area contributed by atoms with E-state index >= 15 is 0 Å². The molecule has 4 nitrogen and oxygen atoms in total. The lowest BCUT2D eigenvalue weighted by Gasteiger charge is -2.26. The van der Waals surface area contributed by atoms with Gasteiger partial charge in [0.2, 0.25) is 5.95 Å². The maximum absolute atomic E-state index is 5.51. The van der Waals surface area contributed by atoms with Crippen molar-refractivity contribution in [1.29, 1.82) is 0 Å². The van der Waals surface area contributed by atoms with Gasteiger partial charge in [0.25, 0.3) is 0 Å². The zero-order valence-electron chi connectivity index (χ0n) is 9.77. The molecule has 0 spiro atoms. The predicted molar refractivity (Wildman–Crippen MR) is 62.9 cm³/mol. The topological polar surface area (TPSA) is 55.0 Å². The molecule has 0 aliphatic carbocycles. The van der Waals surface area contributed by atoms with Gasteiger partial charge in [0.05, 0.1) is 0 Å². The van der Waals surface area contributed by atoms with Crippen LogP contribution in [0.25, 0.3) is 0 Å². The highest BCUT2D eigenvalue weighted by Gasteiger charge is 2.11. The van der Waals surface area contributed by atoms with Crippen molar-refractivity contribution in [2.24, 2.45) is 5.73 Å². The zero-order valence-corrected chi connectivity index (χ0v) is 9.77. The number of nitrogens with zero attached hydrogens (tertiary/aromatic N) is 3. The second kappa shape index (κ2) is 5.66. The van der Waals surface area contributed by atoms with Crippen LogP contribution < -0.4 is 10.6 Å². The Morgan fingerprint density at radius 2 is 1.93 bits per heavy atom. The molecule has 0 aliphatic heterocycles. The Hall–Kier alpha value is -1.16. The standard InChI is InChI=1S/C11H20N4/c1-9(2)15(6-4-5-12)11-13-7-10(3)8-14-11/h7-9H,4-6,12H2,1-3H3. The van der Waals surface area contributed by atoms with Gasteiger partial charge in [-0.15, -0.1) is 0 Å². The van der Waals surface area contributed by atoms with Gasteiger partial charge in [0, 0.05) is 25.0 Å². The van der Waals surface area contributed by atoms with Gasteiger partial charge in [-0.1, -0.05) is 0 Å². The molecule has 0 unspecified atom stereocenters. The number of aromatic nitrogens is 2. The summed E-state index contributed by atoms with van der Waals surface area (Å²) in [5, 5.41) is 0. The number of hydrogen-bond acceptors (Lipinski definition) is 4. The Morgan fingerprint density at radius 1 is 1.33 bits per heavy atom. The molecule has 0 atom stereocenters. The molecule has 0 aromatic carbocycles. The summed E-state index contributed by atoms with van der Waals surface area (Å²) >= 11 is 0. The molecule has 1 aromatic rings. The first-order chi connectivity index (χ1) is 7.15. The number of hydrogen-bond donors (Lipinski definition) is 1. The third-order valence-corrected chi connectivity index (χ3v) is 2.25. The van der Waals surface area contributed by atoms with E-state index in [4.69, 9.17) is 5.73 Å². The Morgan fingerprint density at radius 3 is 2.40 bits per heavy atom. The van der Waals surface area contributed by atoms with Crippen molar-refractivity contribution in [1.82, 2.24) is 9.97 Å². The van der Waals surface area contributed by atoms with Gasteiger partial charge in [0.1, 0.15) is 0 Å². The highest BCUT2D eigenvalue weighted by molar-refractivity contribution is 5.30. The normalized spacial score (nSPS) is 10.7. The van der Waals surface area contributed by atoms with E-state index in [9.17, 15) is 0 Å². The van der Waals surface area contributed by atoms with Crippen LogP contribution >= 0.6 is 0 Å². The molecule has 0 aliphatic rings. The monoisotopic (exact) mass is 208 g/mol. The SMILES string of the molecule is Cc1cnc(N(CCCN)C(C)C)nc1. The highest BCUT2D eigenvalue weighted by atomic mass is 15.3. The van der Waals surface area contributed by atoms with E-state index < -0.39 is 0 Å². The summed E-state index contributed by atoms with van der Waals surface area (Å²) < 4.78 is 0. The van der Waals surface area contributed by atoms with Crippen LogP contribution in [0.3, 0.4) is 0 Å². The van der Waals surface area contributed by atoms with Crippen molar-refractivity contribution in [2.45, 2.75) is 33.2 Å². The summed E-state index contributed by atoms with van der Waals surface area (Å²) in [4.78, 5) is 10.8. The molecule has 0 saturated carbocycles. The third-order valence-electron chi connectivity index (χ3n) is 2.25. The van der Waals surface area contributed by atoms with Crippen molar-refractivity contribution in [3.8, 4) is 0 Å². The minimum Gasteiger partial charge on any atom is -0.338 e. The van der Waals surface area contributed by atoms with E-state index in [0.29, 0.717) is 12.6 Å². The van der Waals surface area contributed by atoms with E-state index in [1.807, 2.05) is 19.3 Å². The predicted octanol–water partition coefficient (Wildman–Crippen LogP) is 1.35. The van der Waals surface area contributed by atoms with Gasteiger partial charge in [-0.05, 0) is 39.3 Å². The Labute approximate surface area is 91.5 Å². The van der Waals surface area contributed by atoms with Crippen LogP contribution in [0, 0.1) is 6.92 Å². The van der Waals surface area contributed by atoms with Crippen molar-refractivity contribution >= 4 is 5.95 Å². The molecule has 2 N–H and O–H groups in total. The van der Waals surface area contributed by atoms with Gasteiger partial charge in [-0.25, -0.2) is 9.97 Å². The van der Waals surface area contributed by atoms with E-state index in [-0.39, 0.29) is 0 Å². The van der Waals surface area contributed by atoms with Crippen LogP contribution in [0.4, 0.5) is 5.95 Å². The molecule has 0 amide bonds. The molecule has 1 rings (SSSR count). The van der Waals surface area contributed by atoms with E-state index in [2.05, 4.69) is 28.7 Å². The van der Waals surface area contributed by atoms with Crippen LogP contribution in [-0.4, -0.2) is 29.1 Å². The summed E-state index contributed by atoms with van der Waals surface area (Å²) in [6.45, 7) is 7.88. The number of anilines is 1. The second-order valence-corrected chi connectivity index (χ2v) is 3.99. The first kappa shape index (κ1) is 11.9. The van der Waals surface area contributed by atoms with Crippen molar-refractivity contribution < 1.29 is 0 Å². The fourth-order valence-corrected chi connectivity index (χ4v) is 1.38. The maximum atomic E-state index is 5.51. The summed E-state index contributed by atoms with van der Waals surface area (Å²) in [5.74, 6) is 0.795. The van der Waals surface area contributed by atoms with Crippen LogP contribution in [0.2, 0.25) is 0 Å². The Bertz CT molecular complexity index is 281. The average Bonchev–Trinajstić information content (AvgIpc) is 2.21. The van der Waals surface area contributed by atoms with E-state index in [1.54, 1.807) is 0 Å². The molecule has 15 heavy (non-hydrogen) atoms. The molecule has 0 fully saturated rings. The molecule has 1 heterocycles. The lowest BCUT2D eigenvalue weighted by atomic mass is 10.3. The molecular weight excluding hydrogens is 188 g/mol. The molecule has 0 bridgehead atoms. The maximum Gasteiger partial charge on any atom is 0.225 e. The molecule has 0 radical (unpaired) electrons. The van der Waals surface area contributed by atoms with E-state index in [0.717, 1.165) is 24.5 Å². The summed E-state index contributed by atoms with van der Waals surface area (Å²) in [5.41, 5.74) is 6.60. The van der Waals surface area contributed by atoms with Crippen molar-refractivity contribution in [3.05, 3.63) is 18.0 Å². The lowest BCUT2D eigenvalue weighted by molar-refractivity contribution is 0.639. The van der Waals surface area contributed by atoms with Crippen molar-refractivity contribution in [3.63, 3.8) is 0 Å². The molecule has 1 aromatic heterocycles. The van der Waals surface area contributed by atoms with Crippen molar-refractivity contribution in [2.75, 3.05) is 18.0 Å². The minimum absolute atomic E-state index is 0.402. The first-order valence-corrected chi connectivity index (χ1v) is 5.40. The Balaban J connectivity index is 2.74. The molecular formula is C11H20N4. The van der Waals surface area contributed by atoms with Crippen LogP contribution in [0.15, 0.2) is 12.4 Å². The zero-order chi connectivity index (χ0) is 11.3. The largest absolute Gasteiger partial charge is 0.338 e. The van der Waals surface area contributed by atoms with Gasteiger partial charge in [-0.3, -0.25) is 0 Å². The second-order valence-electron chi connectivity index (χ2n) is 3.99. The molecule has 0 saturated heterocycles. The fraction of sp³-hybridized carbons (Fsp3) is 0.636. The van der Waals surface area contributed by atoms with Gasteiger partial charge in [-0.2, -0.15) is 0 Å². The highest BCUT2D eigenvalue weighted by Crippen LogP contribution is 2.10. The fourth-order valence-electron chi connectivity index (χ4n) is 1.38.